The van der Waals surface area contributed by atoms with E-state index in [1.54, 1.807) is 12.1 Å². The number of nitrogen functional groups attached to an aromatic ring is 1. The molecule has 0 saturated heterocycles. The van der Waals surface area contributed by atoms with E-state index in [0.717, 1.165) is 28.1 Å². The monoisotopic (exact) mass is 302 g/mol. The normalized spacial score (nSPS) is 12.7. The number of nitrogens with two attached hydrogens (primary N) is 1. The first-order valence-electron chi connectivity index (χ1n) is 5.03. The fourth-order valence-electron chi connectivity index (χ4n) is 2.03. The number of anilines is 1. The molecule has 1 heterocycles. The third kappa shape index (κ3) is 2.00. The molecule has 2 aromatic rings. The van der Waals surface area contributed by atoms with Gasteiger partial charge < -0.3 is 5.73 Å². The minimum atomic E-state index is -3.18. The summed E-state index contributed by atoms with van der Waals surface area (Å²) in [5, 5.41) is 0.533. The number of benzene rings is 1. The number of hydrogen-bond acceptors (Lipinski definition) is 5. The van der Waals surface area contributed by atoms with Gasteiger partial charge in [0.15, 0.2) is 15.0 Å². The molecule has 2 N–H and O–H groups in total. The molecule has 1 aromatic heterocycles. The molecule has 0 amide bonds. The van der Waals surface area contributed by atoms with Crippen molar-refractivity contribution in [1.82, 2.24) is 4.98 Å². The van der Waals surface area contributed by atoms with Crippen molar-refractivity contribution in [3.63, 3.8) is 0 Å². The van der Waals surface area contributed by atoms with Gasteiger partial charge in [0, 0.05) is 23.1 Å². The summed E-state index contributed by atoms with van der Waals surface area (Å²) in [7, 11) is -3.18. The molecule has 1 aliphatic carbocycles. The Morgan fingerprint density at radius 1 is 1.39 bits per heavy atom. The highest BCUT2D eigenvalue weighted by Gasteiger charge is 2.24. The van der Waals surface area contributed by atoms with Crippen LogP contribution in [0.3, 0.4) is 0 Å². The lowest BCUT2D eigenvalue weighted by atomic mass is 10.1. The van der Waals surface area contributed by atoms with Crippen molar-refractivity contribution < 1.29 is 8.42 Å². The van der Waals surface area contributed by atoms with Gasteiger partial charge in [-0.3, -0.25) is 0 Å². The van der Waals surface area contributed by atoms with E-state index in [0.29, 0.717) is 10.0 Å². The van der Waals surface area contributed by atoms with Crippen LogP contribution in [0.25, 0.3) is 11.3 Å². The minimum absolute atomic E-state index is 0. The van der Waals surface area contributed by atoms with Crippen LogP contribution in [0.4, 0.5) is 5.13 Å². The molecule has 1 aliphatic rings. The third-order valence-corrected chi connectivity index (χ3v) is 4.82. The Balaban J connectivity index is 0.00000120. The average molecular weight is 303 g/mol. The fraction of sp³-hybridized carbons (Fsp3) is 0.182. The van der Waals surface area contributed by atoms with E-state index in [1.165, 1.54) is 17.6 Å². The molecule has 0 fully saturated rings. The van der Waals surface area contributed by atoms with Crippen molar-refractivity contribution >= 4 is 38.7 Å². The number of rotatable bonds is 1. The number of hydrogen-bond donors (Lipinski definition) is 1. The topological polar surface area (TPSA) is 73.0 Å². The lowest BCUT2D eigenvalue weighted by Gasteiger charge is -2.02. The van der Waals surface area contributed by atoms with Gasteiger partial charge in [-0.05, 0) is 17.7 Å². The Bertz CT molecular complexity index is 723. The number of halogens is 1. The molecule has 0 bridgehead atoms. The van der Waals surface area contributed by atoms with Crippen LogP contribution in [-0.4, -0.2) is 19.7 Å². The van der Waals surface area contributed by atoms with Gasteiger partial charge in [0.1, 0.15) is 0 Å². The summed E-state index contributed by atoms with van der Waals surface area (Å²) in [6, 6.07) is 5.19. The Morgan fingerprint density at radius 3 is 2.78 bits per heavy atom. The van der Waals surface area contributed by atoms with Crippen LogP contribution in [-0.2, 0) is 16.3 Å². The average Bonchev–Trinajstić information content (AvgIpc) is 2.71. The van der Waals surface area contributed by atoms with Crippen molar-refractivity contribution in [2.75, 3.05) is 12.0 Å². The van der Waals surface area contributed by atoms with Crippen molar-refractivity contribution in [3.05, 3.63) is 28.6 Å². The highest BCUT2D eigenvalue weighted by Crippen LogP contribution is 2.40. The summed E-state index contributed by atoms with van der Waals surface area (Å²) < 4.78 is 23.0. The molecule has 18 heavy (non-hydrogen) atoms. The maximum Gasteiger partial charge on any atom is 0.180 e. The van der Waals surface area contributed by atoms with Gasteiger partial charge in [0.2, 0.25) is 0 Å². The van der Waals surface area contributed by atoms with Gasteiger partial charge in [0.05, 0.1) is 10.6 Å². The summed E-state index contributed by atoms with van der Waals surface area (Å²) >= 11 is 1.46. The molecule has 3 rings (SSSR count). The second kappa shape index (κ2) is 4.22. The van der Waals surface area contributed by atoms with Crippen LogP contribution in [0.5, 0.6) is 0 Å². The molecule has 0 atom stereocenters. The first-order valence-corrected chi connectivity index (χ1v) is 7.74. The van der Waals surface area contributed by atoms with E-state index in [-0.39, 0.29) is 12.4 Å². The predicted octanol–water partition coefficient (Wildman–Crippen LogP) is 2.12. The summed E-state index contributed by atoms with van der Waals surface area (Å²) in [6.45, 7) is 0. The van der Waals surface area contributed by atoms with E-state index < -0.39 is 9.84 Å². The maximum absolute atomic E-state index is 11.5. The summed E-state index contributed by atoms with van der Waals surface area (Å²) in [5.74, 6) is 0. The van der Waals surface area contributed by atoms with Crippen molar-refractivity contribution in [2.45, 2.75) is 11.3 Å². The van der Waals surface area contributed by atoms with Gasteiger partial charge in [0.25, 0.3) is 0 Å². The van der Waals surface area contributed by atoms with Crippen LogP contribution < -0.4 is 5.73 Å². The molecule has 7 heteroatoms. The van der Waals surface area contributed by atoms with Crippen LogP contribution >= 0.6 is 23.7 Å². The standard InChI is InChI=1S/C11H10N2O2S2.ClH/c1-17(14,15)7-3-2-6-4-9-10(8(6)5-7)13-11(12)16-9;/h2-3,5H,4H2,1H3,(H2,12,13);1H. The highest BCUT2D eigenvalue weighted by molar-refractivity contribution is 7.90. The second-order valence-corrected chi connectivity index (χ2v) is 7.22. The summed E-state index contributed by atoms with van der Waals surface area (Å²) in [5.41, 5.74) is 8.52. The van der Waals surface area contributed by atoms with Crippen molar-refractivity contribution in [2.24, 2.45) is 0 Å². The Morgan fingerprint density at radius 2 is 2.11 bits per heavy atom. The maximum atomic E-state index is 11.5. The van der Waals surface area contributed by atoms with Gasteiger partial charge in [-0.1, -0.05) is 6.07 Å². The Labute approximate surface area is 115 Å². The second-order valence-electron chi connectivity index (χ2n) is 4.09. The zero-order valence-corrected chi connectivity index (χ0v) is 12.0. The zero-order valence-electron chi connectivity index (χ0n) is 9.50. The number of aromatic nitrogens is 1. The molecule has 4 nitrogen and oxygen atoms in total. The summed E-state index contributed by atoms with van der Waals surface area (Å²) in [4.78, 5) is 5.70. The smallest absolute Gasteiger partial charge is 0.180 e. The fourth-order valence-corrected chi connectivity index (χ4v) is 3.55. The number of nitrogens with zero attached hydrogens (tertiary/aromatic N) is 1. The molecule has 0 radical (unpaired) electrons. The largest absolute Gasteiger partial charge is 0.375 e. The molecule has 0 aliphatic heterocycles. The van der Waals surface area contributed by atoms with E-state index in [1.807, 2.05) is 6.07 Å². The minimum Gasteiger partial charge on any atom is -0.375 e. The van der Waals surface area contributed by atoms with Crippen molar-refractivity contribution in [1.29, 1.82) is 0 Å². The number of sulfone groups is 1. The highest BCUT2D eigenvalue weighted by atomic mass is 35.5. The number of thiazole rings is 1. The zero-order chi connectivity index (χ0) is 12.2. The van der Waals surface area contributed by atoms with E-state index in [9.17, 15) is 8.42 Å². The van der Waals surface area contributed by atoms with Gasteiger partial charge in [-0.25, -0.2) is 13.4 Å². The molecule has 0 unspecified atom stereocenters. The van der Waals surface area contributed by atoms with Gasteiger partial charge in [-0.2, -0.15) is 0 Å². The molecular weight excluding hydrogens is 292 g/mol. The SMILES string of the molecule is CS(=O)(=O)c1ccc2c(c1)-c1nc(N)sc1C2.Cl. The molecule has 0 spiro atoms. The molecule has 1 aromatic carbocycles. The van der Waals surface area contributed by atoms with Crippen LogP contribution in [0.2, 0.25) is 0 Å². The lowest BCUT2D eigenvalue weighted by molar-refractivity contribution is 0.602. The third-order valence-electron chi connectivity index (χ3n) is 2.83. The first-order chi connectivity index (χ1) is 7.95. The first kappa shape index (κ1) is 13.3. The predicted molar refractivity (Wildman–Crippen MR) is 75.1 cm³/mol. The van der Waals surface area contributed by atoms with Gasteiger partial charge >= 0.3 is 0 Å². The Kier molecular flexibility index (Phi) is 3.12. The van der Waals surface area contributed by atoms with Crippen LogP contribution in [0.1, 0.15) is 10.4 Å². The number of fused-ring (bicyclic) bond motifs is 3. The van der Waals surface area contributed by atoms with Crippen LogP contribution in [0.15, 0.2) is 23.1 Å². The lowest BCUT2D eigenvalue weighted by Crippen LogP contribution is -1.97. The van der Waals surface area contributed by atoms with E-state index in [2.05, 4.69) is 4.98 Å². The van der Waals surface area contributed by atoms with E-state index >= 15 is 0 Å². The Hall–Kier alpha value is -1.11. The molecule has 0 saturated carbocycles. The van der Waals surface area contributed by atoms with Gasteiger partial charge in [-0.15, -0.1) is 23.7 Å². The summed E-state index contributed by atoms with van der Waals surface area (Å²) in [6.07, 6.45) is 2.00. The van der Waals surface area contributed by atoms with Crippen molar-refractivity contribution in [3.8, 4) is 11.3 Å². The van der Waals surface area contributed by atoms with Crippen LogP contribution in [0, 0.1) is 0 Å². The van der Waals surface area contributed by atoms with E-state index in [4.69, 9.17) is 5.73 Å². The molecule has 96 valence electrons. The quantitative estimate of drug-likeness (QED) is 0.747. The molecular formula is C11H11ClN2O2S2.